The van der Waals surface area contributed by atoms with Crippen LogP contribution >= 0.6 is 0 Å². The average molecular weight is 580 g/mol. The summed E-state index contributed by atoms with van der Waals surface area (Å²) in [5.74, 6) is -0.144. The summed E-state index contributed by atoms with van der Waals surface area (Å²) in [6.45, 7) is 13.8. The highest BCUT2D eigenvalue weighted by atomic mass is 16.6. The molecular formula is C29H57NO10. The van der Waals surface area contributed by atoms with Crippen LogP contribution in [0.1, 0.15) is 79.1 Å². The highest BCUT2D eigenvalue weighted by Crippen LogP contribution is 2.09. The number of nitrogens with one attached hydrogen (secondary N) is 1. The maximum atomic E-state index is 11.7. The molecule has 0 aromatic carbocycles. The van der Waals surface area contributed by atoms with Crippen molar-refractivity contribution < 1.29 is 47.5 Å². The molecule has 0 aromatic rings. The first-order valence-corrected chi connectivity index (χ1v) is 14.9. The first kappa shape index (κ1) is 38.5. The van der Waals surface area contributed by atoms with E-state index in [1.165, 1.54) is 32.1 Å². The van der Waals surface area contributed by atoms with Crippen molar-refractivity contribution in [3.8, 4) is 0 Å². The lowest BCUT2D eigenvalue weighted by molar-refractivity contribution is -0.145. The Labute approximate surface area is 242 Å². The zero-order valence-electron chi connectivity index (χ0n) is 25.6. The van der Waals surface area contributed by atoms with E-state index in [0.29, 0.717) is 92.2 Å². The van der Waals surface area contributed by atoms with Crippen molar-refractivity contribution in [3.05, 3.63) is 0 Å². The summed E-state index contributed by atoms with van der Waals surface area (Å²) >= 11 is 0. The van der Waals surface area contributed by atoms with Crippen molar-refractivity contribution in [2.24, 2.45) is 0 Å². The van der Waals surface area contributed by atoms with Gasteiger partial charge in [-0.05, 0) is 27.2 Å². The van der Waals surface area contributed by atoms with E-state index in [2.05, 4.69) is 12.2 Å². The lowest BCUT2D eigenvalue weighted by atomic mass is 10.1. The minimum absolute atomic E-state index is 0.144. The van der Waals surface area contributed by atoms with Crippen LogP contribution in [-0.4, -0.2) is 110 Å². The molecule has 11 nitrogen and oxygen atoms in total. The molecule has 0 aliphatic rings. The summed E-state index contributed by atoms with van der Waals surface area (Å²) in [5.41, 5.74) is -0.509. The predicted molar refractivity (Wildman–Crippen MR) is 153 cm³/mol. The Morgan fingerprint density at radius 3 is 1.40 bits per heavy atom. The number of esters is 1. The molecule has 238 valence electrons. The minimum Gasteiger partial charge on any atom is -0.463 e. The topological polar surface area (TPSA) is 120 Å². The van der Waals surface area contributed by atoms with Crippen molar-refractivity contribution in [2.45, 2.75) is 84.7 Å². The van der Waals surface area contributed by atoms with Crippen LogP contribution in [0.2, 0.25) is 0 Å². The third-order valence-electron chi connectivity index (χ3n) is 5.25. The maximum Gasteiger partial charge on any atom is 0.407 e. The van der Waals surface area contributed by atoms with Gasteiger partial charge in [0.25, 0.3) is 0 Å². The van der Waals surface area contributed by atoms with E-state index < -0.39 is 11.7 Å². The largest absolute Gasteiger partial charge is 0.463 e. The number of carbonyl (C=O) groups is 2. The Morgan fingerprint density at radius 1 is 0.550 bits per heavy atom. The Hall–Kier alpha value is -1.50. The van der Waals surface area contributed by atoms with Gasteiger partial charge in [0.2, 0.25) is 0 Å². The van der Waals surface area contributed by atoms with Gasteiger partial charge in [-0.15, -0.1) is 0 Å². The second-order valence-corrected chi connectivity index (χ2v) is 10.2. The highest BCUT2D eigenvalue weighted by Gasteiger charge is 2.15. The SMILES string of the molecule is CCCCCCCCCC(=O)OCCOCCOCCOCCOCCOCCOCCNC(=O)OC(C)(C)C. The van der Waals surface area contributed by atoms with Gasteiger partial charge in [0, 0.05) is 13.0 Å². The van der Waals surface area contributed by atoms with E-state index in [4.69, 9.17) is 37.9 Å². The third kappa shape index (κ3) is 32.7. The second kappa shape index (κ2) is 29.0. The van der Waals surface area contributed by atoms with Gasteiger partial charge in [-0.1, -0.05) is 45.4 Å². The smallest absolute Gasteiger partial charge is 0.407 e. The van der Waals surface area contributed by atoms with E-state index in [9.17, 15) is 9.59 Å². The lowest BCUT2D eigenvalue weighted by Crippen LogP contribution is -2.34. The lowest BCUT2D eigenvalue weighted by Gasteiger charge is -2.19. The van der Waals surface area contributed by atoms with E-state index in [1.807, 2.05) is 20.8 Å². The Morgan fingerprint density at radius 2 is 0.950 bits per heavy atom. The Balaban J connectivity index is 3.17. The standard InChI is InChI=1S/C29H57NO10/c1-5-6-7-8-9-10-11-12-27(31)39-26-25-38-24-23-37-22-21-36-20-19-35-18-17-34-16-15-33-14-13-30-28(32)40-29(2,3)4/h5-26H2,1-4H3,(H,30,32). The molecule has 0 unspecified atom stereocenters. The van der Waals surface area contributed by atoms with Crippen molar-refractivity contribution in [1.82, 2.24) is 5.32 Å². The predicted octanol–water partition coefficient (Wildman–Crippen LogP) is 4.29. The molecule has 0 spiro atoms. The molecule has 0 heterocycles. The molecule has 0 atom stereocenters. The monoisotopic (exact) mass is 579 g/mol. The molecule has 0 radical (unpaired) electrons. The van der Waals surface area contributed by atoms with E-state index in [1.54, 1.807) is 0 Å². The van der Waals surface area contributed by atoms with Crippen LogP contribution in [0.15, 0.2) is 0 Å². The number of hydrogen-bond donors (Lipinski definition) is 1. The van der Waals surface area contributed by atoms with Crippen LogP contribution in [0.5, 0.6) is 0 Å². The molecular weight excluding hydrogens is 522 g/mol. The fourth-order valence-corrected chi connectivity index (χ4v) is 3.25. The minimum atomic E-state index is -0.509. The number of hydrogen-bond acceptors (Lipinski definition) is 10. The summed E-state index contributed by atoms with van der Waals surface area (Å²) in [5, 5.41) is 2.63. The maximum absolute atomic E-state index is 11.7. The number of unbranched alkanes of at least 4 members (excludes halogenated alkanes) is 6. The molecule has 0 rings (SSSR count). The van der Waals surface area contributed by atoms with Gasteiger partial charge in [-0.25, -0.2) is 4.79 Å². The quantitative estimate of drug-likeness (QED) is 0.101. The molecule has 1 amide bonds. The van der Waals surface area contributed by atoms with Gasteiger partial charge in [0.1, 0.15) is 12.2 Å². The van der Waals surface area contributed by atoms with Crippen molar-refractivity contribution in [1.29, 1.82) is 0 Å². The van der Waals surface area contributed by atoms with Crippen LogP contribution < -0.4 is 5.32 Å². The van der Waals surface area contributed by atoms with Crippen LogP contribution in [0.4, 0.5) is 4.79 Å². The van der Waals surface area contributed by atoms with Crippen LogP contribution in [-0.2, 0) is 42.7 Å². The summed E-state index contributed by atoms with van der Waals surface area (Å²) in [6, 6.07) is 0. The normalized spacial score (nSPS) is 11.5. The number of carbonyl (C=O) groups excluding carboxylic acids is 2. The first-order chi connectivity index (χ1) is 19.3. The number of alkyl carbamates (subject to hydrolysis) is 1. The molecule has 0 bridgehead atoms. The molecule has 40 heavy (non-hydrogen) atoms. The second-order valence-electron chi connectivity index (χ2n) is 10.2. The molecule has 0 saturated heterocycles. The van der Waals surface area contributed by atoms with Gasteiger partial charge in [0.05, 0.1) is 79.3 Å². The van der Waals surface area contributed by atoms with E-state index in [0.717, 1.165) is 12.8 Å². The van der Waals surface area contributed by atoms with Gasteiger partial charge in [0.15, 0.2) is 0 Å². The molecule has 1 N–H and O–H groups in total. The van der Waals surface area contributed by atoms with Gasteiger partial charge < -0.3 is 43.2 Å². The first-order valence-electron chi connectivity index (χ1n) is 14.9. The molecule has 0 aliphatic carbocycles. The van der Waals surface area contributed by atoms with Crippen LogP contribution in [0, 0.1) is 0 Å². The molecule has 0 aliphatic heterocycles. The van der Waals surface area contributed by atoms with Crippen molar-refractivity contribution in [3.63, 3.8) is 0 Å². The fraction of sp³-hybridized carbons (Fsp3) is 0.931. The van der Waals surface area contributed by atoms with Crippen molar-refractivity contribution >= 4 is 12.1 Å². The van der Waals surface area contributed by atoms with Crippen LogP contribution in [0.3, 0.4) is 0 Å². The fourth-order valence-electron chi connectivity index (χ4n) is 3.25. The molecule has 0 aromatic heterocycles. The number of ether oxygens (including phenoxy) is 8. The number of amides is 1. The Bertz CT molecular complexity index is 572. The summed E-state index contributed by atoms with van der Waals surface area (Å²) in [6.07, 6.45) is 8.34. The van der Waals surface area contributed by atoms with E-state index >= 15 is 0 Å². The zero-order valence-corrected chi connectivity index (χ0v) is 25.6. The van der Waals surface area contributed by atoms with E-state index in [-0.39, 0.29) is 12.6 Å². The van der Waals surface area contributed by atoms with Gasteiger partial charge in [-0.2, -0.15) is 0 Å². The Kier molecular flexibility index (Phi) is 27.9. The average Bonchev–Trinajstić information content (AvgIpc) is 2.90. The summed E-state index contributed by atoms with van der Waals surface area (Å²) in [4.78, 5) is 23.1. The third-order valence-corrected chi connectivity index (χ3v) is 5.25. The van der Waals surface area contributed by atoms with Crippen LogP contribution in [0.25, 0.3) is 0 Å². The summed E-state index contributed by atoms with van der Waals surface area (Å²) < 4.78 is 42.8. The molecule has 11 heteroatoms. The van der Waals surface area contributed by atoms with Gasteiger partial charge in [-0.3, -0.25) is 4.79 Å². The zero-order chi connectivity index (χ0) is 29.6. The summed E-state index contributed by atoms with van der Waals surface area (Å²) in [7, 11) is 0. The van der Waals surface area contributed by atoms with Gasteiger partial charge >= 0.3 is 12.1 Å². The molecule has 0 saturated carbocycles. The molecule has 0 fully saturated rings. The number of rotatable bonds is 29. The van der Waals surface area contributed by atoms with Crippen molar-refractivity contribution in [2.75, 3.05) is 92.4 Å². The highest BCUT2D eigenvalue weighted by molar-refractivity contribution is 5.69.